The molecule has 1 saturated heterocycles. The van der Waals surface area contributed by atoms with Crippen LogP contribution in [-0.4, -0.2) is 96.0 Å². The number of ether oxygens (including phenoxy) is 4. The molecule has 0 amide bonds. The second-order valence-corrected chi connectivity index (χ2v) is 17.9. The van der Waals surface area contributed by atoms with Crippen molar-refractivity contribution in [1.82, 2.24) is 0 Å². The molecule has 6 unspecified atom stereocenters. The molecule has 0 spiro atoms. The molecule has 1 aliphatic rings. The highest BCUT2D eigenvalue weighted by Gasteiger charge is 2.46. The highest BCUT2D eigenvalue weighted by atomic mass is 32.2. The van der Waals surface area contributed by atoms with E-state index < -0.39 is 71.2 Å². The van der Waals surface area contributed by atoms with Crippen molar-refractivity contribution in [2.24, 2.45) is 0 Å². The molecule has 354 valence electrons. The zero-order chi connectivity index (χ0) is 44.8. The minimum atomic E-state index is -4.61. The van der Waals surface area contributed by atoms with Crippen molar-refractivity contribution >= 4 is 22.1 Å². The second kappa shape index (κ2) is 38.1. The molecule has 61 heavy (non-hydrogen) atoms. The molecule has 1 fully saturated rings. The van der Waals surface area contributed by atoms with Crippen LogP contribution in [0.4, 0.5) is 0 Å². The Morgan fingerprint density at radius 1 is 0.574 bits per heavy atom. The number of hydrogen-bond donors (Lipinski definition) is 4. The summed E-state index contributed by atoms with van der Waals surface area (Å²) in [6.07, 6.45) is 35.8. The van der Waals surface area contributed by atoms with Crippen molar-refractivity contribution < 1.29 is 56.8 Å². The zero-order valence-corrected chi connectivity index (χ0v) is 38.6. The Bertz CT molecular complexity index is 1310. The van der Waals surface area contributed by atoms with Crippen LogP contribution >= 0.6 is 0 Å². The number of esters is 2. The minimum Gasteiger partial charge on any atom is -0.462 e. The first-order valence-electron chi connectivity index (χ1n) is 23.7. The average Bonchev–Trinajstić information content (AvgIpc) is 3.22. The van der Waals surface area contributed by atoms with E-state index in [-0.39, 0.29) is 19.4 Å². The van der Waals surface area contributed by atoms with Gasteiger partial charge in [0.1, 0.15) is 36.8 Å². The van der Waals surface area contributed by atoms with Gasteiger partial charge in [0, 0.05) is 12.8 Å². The number of allylic oxidation sites excluding steroid dienone is 8. The van der Waals surface area contributed by atoms with Gasteiger partial charge in [0.2, 0.25) is 0 Å². The van der Waals surface area contributed by atoms with Crippen molar-refractivity contribution in [2.45, 2.75) is 224 Å². The van der Waals surface area contributed by atoms with Gasteiger partial charge in [-0.25, -0.2) is 0 Å². The highest BCUT2D eigenvalue weighted by molar-refractivity contribution is 7.85. The number of aliphatic hydroxyl groups is 3. The molecule has 12 nitrogen and oxygen atoms in total. The molecule has 0 aromatic carbocycles. The maximum atomic E-state index is 12.8. The van der Waals surface area contributed by atoms with E-state index >= 15 is 0 Å². The van der Waals surface area contributed by atoms with E-state index in [1.165, 1.54) is 44.9 Å². The summed E-state index contributed by atoms with van der Waals surface area (Å²) < 4.78 is 54.1. The fourth-order valence-electron chi connectivity index (χ4n) is 6.98. The Kier molecular flexibility index (Phi) is 35.4. The van der Waals surface area contributed by atoms with Gasteiger partial charge in [0.05, 0.1) is 6.61 Å². The second-order valence-electron chi connectivity index (χ2n) is 16.4. The van der Waals surface area contributed by atoms with Crippen LogP contribution < -0.4 is 0 Å². The van der Waals surface area contributed by atoms with Crippen LogP contribution in [0.2, 0.25) is 0 Å². The molecular weight excluding hydrogens is 801 g/mol. The molecule has 0 bridgehead atoms. The van der Waals surface area contributed by atoms with Gasteiger partial charge in [-0.05, 0) is 70.6 Å². The first kappa shape index (κ1) is 56.6. The van der Waals surface area contributed by atoms with Gasteiger partial charge in [0.25, 0.3) is 10.1 Å². The van der Waals surface area contributed by atoms with Gasteiger partial charge in [-0.1, -0.05) is 152 Å². The van der Waals surface area contributed by atoms with E-state index in [1.807, 2.05) is 0 Å². The van der Waals surface area contributed by atoms with Crippen molar-refractivity contribution in [3.8, 4) is 0 Å². The summed E-state index contributed by atoms with van der Waals surface area (Å²) in [4.78, 5) is 25.4. The van der Waals surface area contributed by atoms with E-state index in [4.69, 9.17) is 18.9 Å². The van der Waals surface area contributed by atoms with Crippen LogP contribution in [0.3, 0.4) is 0 Å². The van der Waals surface area contributed by atoms with Gasteiger partial charge < -0.3 is 34.3 Å². The van der Waals surface area contributed by atoms with Crippen LogP contribution in [0.1, 0.15) is 187 Å². The molecule has 13 heteroatoms. The summed E-state index contributed by atoms with van der Waals surface area (Å²) in [5, 5.41) is 30.9. The van der Waals surface area contributed by atoms with E-state index in [2.05, 4.69) is 62.5 Å². The Labute approximate surface area is 369 Å². The zero-order valence-electron chi connectivity index (χ0n) is 37.8. The van der Waals surface area contributed by atoms with Gasteiger partial charge in [-0.15, -0.1) is 0 Å². The van der Waals surface area contributed by atoms with Crippen molar-refractivity contribution in [3.05, 3.63) is 48.6 Å². The molecular formula is C48H84O12S. The van der Waals surface area contributed by atoms with Crippen molar-refractivity contribution in [3.63, 3.8) is 0 Å². The largest absolute Gasteiger partial charge is 0.462 e. The molecule has 1 aliphatic heterocycles. The number of rotatable bonds is 39. The molecule has 0 aromatic heterocycles. The molecule has 0 saturated carbocycles. The molecule has 1 rings (SSSR count). The Balaban J connectivity index is 2.44. The third kappa shape index (κ3) is 32.9. The van der Waals surface area contributed by atoms with E-state index in [9.17, 15) is 37.9 Å². The number of aliphatic hydroxyl groups excluding tert-OH is 3. The minimum absolute atomic E-state index is 0.150. The van der Waals surface area contributed by atoms with E-state index in [0.29, 0.717) is 12.8 Å². The summed E-state index contributed by atoms with van der Waals surface area (Å²) in [6, 6.07) is 0. The summed E-state index contributed by atoms with van der Waals surface area (Å²) in [6.45, 7) is 3.64. The fourth-order valence-corrected chi connectivity index (χ4v) is 7.67. The average molecular weight is 885 g/mol. The van der Waals surface area contributed by atoms with Gasteiger partial charge >= 0.3 is 11.9 Å². The van der Waals surface area contributed by atoms with Crippen LogP contribution in [0.5, 0.6) is 0 Å². The smallest absolute Gasteiger partial charge is 0.306 e. The summed E-state index contributed by atoms with van der Waals surface area (Å²) in [5.74, 6) is -2.01. The Hall–Kier alpha value is -2.39. The van der Waals surface area contributed by atoms with Gasteiger partial charge in [0.15, 0.2) is 12.4 Å². The third-order valence-corrected chi connectivity index (χ3v) is 11.4. The number of carbonyl (C=O) groups is 2. The monoisotopic (exact) mass is 885 g/mol. The van der Waals surface area contributed by atoms with Crippen LogP contribution in [0.25, 0.3) is 0 Å². The summed E-state index contributed by atoms with van der Waals surface area (Å²) >= 11 is 0. The molecule has 0 aliphatic carbocycles. The lowest BCUT2D eigenvalue weighted by Gasteiger charge is -2.40. The SMILES string of the molecule is CC/C=C\C/C=C\C/C=C\CCCCCCCCCC(=O)OC(COC(=O)CCCCCCC/C=C\CCCCCCCCC)COC1OC(CS(=O)(=O)O)C(O)C(O)C1O. The Morgan fingerprint density at radius 2 is 1.03 bits per heavy atom. The fraction of sp³-hybridized carbons (Fsp3) is 0.792. The van der Waals surface area contributed by atoms with Crippen LogP contribution in [0.15, 0.2) is 48.6 Å². The topological polar surface area (TPSA) is 186 Å². The lowest BCUT2D eigenvalue weighted by molar-refractivity contribution is -0.297. The molecule has 0 radical (unpaired) electrons. The number of carbonyl (C=O) groups excluding carboxylic acids is 2. The van der Waals surface area contributed by atoms with Crippen LogP contribution in [0, 0.1) is 0 Å². The van der Waals surface area contributed by atoms with Crippen LogP contribution in [-0.2, 0) is 38.7 Å². The molecule has 6 atom stereocenters. The number of hydrogen-bond acceptors (Lipinski definition) is 11. The lowest BCUT2D eigenvalue weighted by atomic mass is 10.00. The summed E-state index contributed by atoms with van der Waals surface area (Å²) in [7, 11) is -4.61. The van der Waals surface area contributed by atoms with E-state index in [0.717, 1.165) is 103 Å². The normalized spacial score (nSPS) is 20.4. The third-order valence-electron chi connectivity index (χ3n) is 10.6. The molecule has 1 heterocycles. The predicted octanol–water partition coefficient (Wildman–Crippen LogP) is 9.95. The Morgan fingerprint density at radius 3 is 1.56 bits per heavy atom. The standard InChI is InChI=1S/C48H84O12S/c1-3-5-7-9-11-13-15-17-19-21-23-25-27-29-31-33-35-37-44(50)59-41(39-58-48-47(53)46(52)45(51)42(60-48)40-61(54,55)56)38-57-43(49)36-34-32-30-28-26-24-22-20-18-16-14-12-10-8-6-4-2/h5,7,11,13,17,19-20,22,41-42,45-48,51-53H,3-4,6,8-10,12,14-16,18,21,23-40H2,1-2H3,(H,54,55,56)/b7-5-,13-11-,19-17-,22-20-. The lowest BCUT2D eigenvalue weighted by Crippen LogP contribution is -2.60. The van der Waals surface area contributed by atoms with Gasteiger partial charge in [-0.2, -0.15) is 8.42 Å². The first-order chi connectivity index (χ1) is 29.5. The predicted molar refractivity (Wildman–Crippen MR) is 242 cm³/mol. The maximum absolute atomic E-state index is 12.8. The first-order valence-corrected chi connectivity index (χ1v) is 25.3. The molecule has 4 N–H and O–H groups in total. The quantitative estimate of drug-likeness (QED) is 0.0198. The maximum Gasteiger partial charge on any atom is 0.306 e. The van der Waals surface area contributed by atoms with E-state index in [1.54, 1.807) is 0 Å². The van der Waals surface area contributed by atoms with Gasteiger partial charge in [-0.3, -0.25) is 14.1 Å². The van der Waals surface area contributed by atoms with Crippen molar-refractivity contribution in [1.29, 1.82) is 0 Å². The van der Waals surface area contributed by atoms with Crippen molar-refractivity contribution in [2.75, 3.05) is 19.0 Å². The highest BCUT2D eigenvalue weighted by Crippen LogP contribution is 2.24. The molecule has 0 aromatic rings. The number of unbranched alkanes of at least 4 members (excludes halogenated alkanes) is 19. The summed E-state index contributed by atoms with van der Waals surface area (Å²) in [5.41, 5.74) is 0.